The monoisotopic (exact) mass is 252 g/mol. The molecule has 1 saturated carbocycles. The van der Waals surface area contributed by atoms with Crippen LogP contribution in [0.15, 0.2) is 11.6 Å². The normalized spacial score (nSPS) is 24.6. The zero-order valence-corrected chi connectivity index (χ0v) is 11.0. The highest BCUT2D eigenvalue weighted by atomic mass is 32.1. The second-order valence-corrected chi connectivity index (χ2v) is 5.94. The Kier molecular flexibility index (Phi) is 3.06. The summed E-state index contributed by atoms with van der Waals surface area (Å²) in [6, 6.07) is 0. The van der Waals surface area contributed by atoms with Crippen LogP contribution in [0.25, 0.3) is 0 Å². The van der Waals surface area contributed by atoms with E-state index in [2.05, 4.69) is 20.2 Å². The highest BCUT2D eigenvalue weighted by Gasteiger charge is 2.42. The molecule has 0 radical (unpaired) electrons. The molecule has 1 aromatic heterocycles. The summed E-state index contributed by atoms with van der Waals surface area (Å²) in [5, 5.41) is 3.22. The van der Waals surface area contributed by atoms with Gasteiger partial charge in [0, 0.05) is 49.8 Å². The summed E-state index contributed by atoms with van der Waals surface area (Å²) >= 11 is 1.74. The predicted octanol–water partition coefficient (Wildman–Crippen LogP) is 1.15. The predicted molar refractivity (Wildman–Crippen MR) is 71.5 cm³/mol. The van der Waals surface area contributed by atoms with Gasteiger partial charge in [-0.3, -0.25) is 4.90 Å². The maximum absolute atomic E-state index is 5.96. The van der Waals surface area contributed by atoms with Gasteiger partial charge in [0.25, 0.3) is 0 Å². The molecule has 4 nitrogen and oxygen atoms in total. The van der Waals surface area contributed by atoms with Crippen molar-refractivity contribution in [2.45, 2.75) is 24.8 Å². The van der Waals surface area contributed by atoms with Crippen molar-refractivity contribution in [2.75, 3.05) is 37.6 Å². The standard InChI is InChI=1S/C12H20N4S/c13-10-12(2-1-3-12)16-7-5-15(6-8-16)11-14-4-9-17-11/h4,9H,1-3,5-8,10,13H2. The average molecular weight is 252 g/mol. The summed E-state index contributed by atoms with van der Waals surface area (Å²) in [7, 11) is 0. The summed E-state index contributed by atoms with van der Waals surface area (Å²) in [5.74, 6) is 0. The zero-order chi connectivity index (χ0) is 11.7. The summed E-state index contributed by atoms with van der Waals surface area (Å²) in [6.07, 6.45) is 5.82. The molecular weight excluding hydrogens is 232 g/mol. The minimum atomic E-state index is 0.342. The Morgan fingerprint density at radius 3 is 2.53 bits per heavy atom. The van der Waals surface area contributed by atoms with Crippen LogP contribution in [0.3, 0.4) is 0 Å². The van der Waals surface area contributed by atoms with Gasteiger partial charge in [0.1, 0.15) is 0 Å². The lowest BCUT2D eigenvalue weighted by Gasteiger charge is -2.52. The molecule has 1 aliphatic carbocycles. The first-order valence-electron chi connectivity index (χ1n) is 6.44. The summed E-state index contributed by atoms with van der Waals surface area (Å²) in [6.45, 7) is 5.28. The van der Waals surface area contributed by atoms with Gasteiger partial charge in [-0.25, -0.2) is 4.98 Å². The van der Waals surface area contributed by atoms with E-state index in [1.165, 1.54) is 24.4 Å². The average Bonchev–Trinajstić information content (AvgIpc) is 2.83. The van der Waals surface area contributed by atoms with E-state index in [1.807, 2.05) is 6.20 Å². The van der Waals surface area contributed by atoms with Crippen LogP contribution < -0.4 is 10.6 Å². The minimum Gasteiger partial charge on any atom is -0.346 e. The molecule has 1 aromatic rings. The number of hydrogen-bond acceptors (Lipinski definition) is 5. The molecule has 17 heavy (non-hydrogen) atoms. The van der Waals surface area contributed by atoms with Crippen LogP contribution in [-0.4, -0.2) is 48.1 Å². The third-order valence-corrected chi connectivity index (χ3v) is 5.14. The quantitative estimate of drug-likeness (QED) is 0.876. The van der Waals surface area contributed by atoms with Crippen molar-refractivity contribution in [3.63, 3.8) is 0 Å². The minimum absolute atomic E-state index is 0.342. The van der Waals surface area contributed by atoms with Gasteiger partial charge in [-0.1, -0.05) is 0 Å². The molecule has 0 amide bonds. The maximum Gasteiger partial charge on any atom is 0.185 e. The molecule has 94 valence electrons. The fourth-order valence-corrected chi connectivity index (χ4v) is 3.68. The van der Waals surface area contributed by atoms with Gasteiger partial charge in [-0.2, -0.15) is 0 Å². The Labute approximate surface area is 106 Å². The topological polar surface area (TPSA) is 45.4 Å². The molecule has 0 spiro atoms. The van der Waals surface area contributed by atoms with Gasteiger partial charge < -0.3 is 10.6 Å². The third kappa shape index (κ3) is 1.96. The van der Waals surface area contributed by atoms with E-state index in [4.69, 9.17) is 5.73 Å². The second kappa shape index (κ2) is 4.55. The molecule has 5 heteroatoms. The fourth-order valence-electron chi connectivity index (χ4n) is 2.98. The largest absolute Gasteiger partial charge is 0.346 e. The summed E-state index contributed by atoms with van der Waals surface area (Å²) in [4.78, 5) is 9.39. The molecule has 0 atom stereocenters. The highest BCUT2D eigenvalue weighted by molar-refractivity contribution is 7.13. The smallest absolute Gasteiger partial charge is 0.185 e. The van der Waals surface area contributed by atoms with Gasteiger partial charge in [0.15, 0.2) is 5.13 Å². The van der Waals surface area contributed by atoms with Crippen LogP contribution in [0.2, 0.25) is 0 Å². The molecule has 1 saturated heterocycles. The van der Waals surface area contributed by atoms with E-state index in [1.54, 1.807) is 11.3 Å². The van der Waals surface area contributed by atoms with Crippen LogP contribution in [0.1, 0.15) is 19.3 Å². The lowest BCUT2D eigenvalue weighted by Crippen LogP contribution is -2.63. The molecule has 3 rings (SSSR count). The number of nitrogens with two attached hydrogens (primary N) is 1. The summed E-state index contributed by atoms with van der Waals surface area (Å²) < 4.78 is 0. The molecule has 2 aliphatic rings. The molecule has 2 fully saturated rings. The number of anilines is 1. The van der Waals surface area contributed by atoms with Crippen LogP contribution in [0.4, 0.5) is 5.13 Å². The Morgan fingerprint density at radius 2 is 2.06 bits per heavy atom. The number of nitrogens with zero attached hydrogens (tertiary/aromatic N) is 3. The first-order valence-corrected chi connectivity index (χ1v) is 7.32. The fraction of sp³-hybridized carbons (Fsp3) is 0.750. The maximum atomic E-state index is 5.96. The molecule has 0 aromatic carbocycles. The van der Waals surface area contributed by atoms with E-state index in [-0.39, 0.29) is 0 Å². The second-order valence-electron chi connectivity index (χ2n) is 5.07. The Morgan fingerprint density at radius 1 is 1.29 bits per heavy atom. The lowest BCUT2D eigenvalue weighted by atomic mass is 9.75. The number of hydrogen-bond donors (Lipinski definition) is 1. The van der Waals surface area contributed by atoms with Gasteiger partial charge in [-0.05, 0) is 19.3 Å². The number of thiazole rings is 1. The number of aromatic nitrogens is 1. The van der Waals surface area contributed by atoms with Crippen molar-refractivity contribution < 1.29 is 0 Å². The highest BCUT2D eigenvalue weighted by Crippen LogP contribution is 2.37. The van der Waals surface area contributed by atoms with Gasteiger partial charge in [0.05, 0.1) is 0 Å². The van der Waals surface area contributed by atoms with E-state index >= 15 is 0 Å². The van der Waals surface area contributed by atoms with E-state index in [9.17, 15) is 0 Å². The third-order valence-electron chi connectivity index (χ3n) is 4.30. The van der Waals surface area contributed by atoms with Crippen LogP contribution in [0.5, 0.6) is 0 Å². The SMILES string of the molecule is NCC1(N2CCN(c3nccs3)CC2)CCC1. The number of rotatable bonds is 3. The van der Waals surface area contributed by atoms with E-state index in [0.29, 0.717) is 5.54 Å². The molecular formula is C12H20N4S. The van der Waals surface area contributed by atoms with Crippen LogP contribution in [-0.2, 0) is 0 Å². The Balaban J connectivity index is 1.61. The molecule has 2 N–H and O–H groups in total. The Hall–Kier alpha value is -0.650. The molecule has 0 unspecified atom stereocenters. The first-order chi connectivity index (χ1) is 8.34. The molecule has 1 aliphatic heterocycles. The molecule has 0 bridgehead atoms. The van der Waals surface area contributed by atoms with Crippen LogP contribution >= 0.6 is 11.3 Å². The van der Waals surface area contributed by atoms with Gasteiger partial charge in [-0.15, -0.1) is 11.3 Å². The van der Waals surface area contributed by atoms with Crippen molar-refractivity contribution in [1.82, 2.24) is 9.88 Å². The zero-order valence-electron chi connectivity index (χ0n) is 10.1. The van der Waals surface area contributed by atoms with Crippen LogP contribution in [0, 0.1) is 0 Å². The number of piperazine rings is 1. The lowest BCUT2D eigenvalue weighted by molar-refractivity contribution is 0.0192. The summed E-state index contributed by atoms with van der Waals surface area (Å²) in [5.41, 5.74) is 6.31. The van der Waals surface area contributed by atoms with Crippen molar-refractivity contribution >= 4 is 16.5 Å². The Bertz CT molecular complexity index is 347. The molecule has 2 heterocycles. The van der Waals surface area contributed by atoms with Gasteiger partial charge >= 0.3 is 0 Å². The van der Waals surface area contributed by atoms with E-state index in [0.717, 1.165) is 32.7 Å². The van der Waals surface area contributed by atoms with Gasteiger partial charge in [0.2, 0.25) is 0 Å². The van der Waals surface area contributed by atoms with Crippen molar-refractivity contribution in [2.24, 2.45) is 5.73 Å². The van der Waals surface area contributed by atoms with E-state index < -0.39 is 0 Å². The van der Waals surface area contributed by atoms with Crippen molar-refractivity contribution in [3.05, 3.63) is 11.6 Å². The van der Waals surface area contributed by atoms with Crippen molar-refractivity contribution in [3.8, 4) is 0 Å². The first kappa shape index (κ1) is 11.4. The van der Waals surface area contributed by atoms with Crippen molar-refractivity contribution in [1.29, 1.82) is 0 Å².